The normalized spacial score (nSPS) is 24.9. The van der Waals surface area contributed by atoms with Gasteiger partial charge in [-0.3, -0.25) is 4.99 Å². The molecule has 1 saturated heterocycles. The fourth-order valence-electron chi connectivity index (χ4n) is 4.78. The molecule has 9 heteroatoms. The number of hydrogen-bond donors (Lipinski definition) is 1. The van der Waals surface area contributed by atoms with E-state index in [9.17, 15) is 13.9 Å². The van der Waals surface area contributed by atoms with Crippen molar-refractivity contribution >= 4 is 23.9 Å². The van der Waals surface area contributed by atoms with Gasteiger partial charge in [0.25, 0.3) is 5.72 Å². The minimum absolute atomic E-state index is 0.228. The van der Waals surface area contributed by atoms with Crippen molar-refractivity contribution in [3.05, 3.63) is 64.7 Å². The zero-order valence-corrected chi connectivity index (χ0v) is 19.0. The molecule has 1 fully saturated rings. The van der Waals surface area contributed by atoms with Gasteiger partial charge in [0.05, 0.1) is 30.7 Å². The van der Waals surface area contributed by atoms with Crippen molar-refractivity contribution in [1.29, 1.82) is 0 Å². The van der Waals surface area contributed by atoms with Crippen molar-refractivity contribution in [3.8, 4) is 5.75 Å². The van der Waals surface area contributed by atoms with Crippen LogP contribution in [0.5, 0.6) is 5.75 Å². The highest BCUT2D eigenvalue weighted by Gasteiger charge is 2.52. The first kappa shape index (κ1) is 22.3. The summed E-state index contributed by atoms with van der Waals surface area (Å²) in [6.07, 6.45) is 5.21. The van der Waals surface area contributed by atoms with Crippen molar-refractivity contribution in [3.63, 3.8) is 0 Å². The summed E-state index contributed by atoms with van der Waals surface area (Å²) in [5.41, 5.74) is 0.591. The Morgan fingerprint density at radius 2 is 2.06 bits per heavy atom. The van der Waals surface area contributed by atoms with Crippen molar-refractivity contribution in [2.24, 2.45) is 10.1 Å². The van der Waals surface area contributed by atoms with Gasteiger partial charge in [-0.05, 0) is 61.2 Å². The van der Waals surface area contributed by atoms with Crippen LogP contribution in [0.15, 0.2) is 52.1 Å². The molecule has 0 saturated carbocycles. The van der Waals surface area contributed by atoms with Gasteiger partial charge in [-0.15, -0.1) is 0 Å². The highest BCUT2D eigenvalue weighted by atomic mass is 19.1. The van der Waals surface area contributed by atoms with E-state index in [0.717, 1.165) is 35.5 Å². The van der Waals surface area contributed by atoms with E-state index < -0.39 is 24.0 Å². The number of hydrogen-bond acceptors (Lipinski definition) is 7. The summed E-state index contributed by atoms with van der Waals surface area (Å²) in [7, 11) is 1.63. The van der Waals surface area contributed by atoms with Crippen molar-refractivity contribution in [2.75, 3.05) is 31.7 Å². The number of amidine groups is 1. The number of anilines is 1. The lowest BCUT2D eigenvalue weighted by Crippen LogP contribution is -2.52. The van der Waals surface area contributed by atoms with Crippen molar-refractivity contribution in [2.45, 2.75) is 31.5 Å². The highest BCUT2D eigenvalue weighted by molar-refractivity contribution is 6.03. The number of aliphatic hydroxyl groups is 1. The molecule has 2 aromatic carbocycles. The maximum atomic E-state index is 14.7. The van der Waals surface area contributed by atoms with Gasteiger partial charge in [-0.2, -0.15) is 0 Å². The molecule has 3 heterocycles. The Labute approximate surface area is 196 Å². The Bertz CT molecular complexity index is 1180. The average Bonchev–Trinajstić information content (AvgIpc) is 3.44. The van der Waals surface area contributed by atoms with E-state index in [4.69, 9.17) is 9.57 Å². The standard InChI is InChI=1S/C25H26F2N4O3/c1-16-13-30(15-28-16)21-9-8-17(12-22(21)33-2)11-18-5-4-10-31-24(18)29-34-25(31,14-32)23-19(26)6-3-7-20(23)27/h3,6-9,11-12,15-16,32H,4-5,10,13-14H2,1-2H3/b18-11+. The molecule has 0 amide bonds. The third-order valence-corrected chi connectivity index (χ3v) is 6.43. The van der Waals surface area contributed by atoms with Crippen LogP contribution < -0.4 is 9.64 Å². The molecule has 2 unspecified atom stereocenters. The Hall–Kier alpha value is -3.46. The summed E-state index contributed by atoms with van der Waals surface area (Å²) in [4.78, 5) is 13.7. The summed E-state index contributed by atoms with van der Waals surface area (Å²) in [5, 5.41) is 14.4. The van der Waals surface area contributed by atoms with Crippen LogP contribution in [-0.4, -0.2) is 55.0 Å². The van der Waals surface area contributed by atoms with E-state index in [2.05, 4.69) is 22.0 Å². The molecule has 34 heavy (non-hydrogen) atoms. The highest BCUT2D eigenvalue weighted by Crippen LogP contribution is 2.42. The van der Waals surface area contributed by atoms with E-state index in [1.165, 1.54) is 6.07 Å². The molecule has 0 aliphatic carbocycles. The van der Waals surface area contributed by atoms with Gasteiger partial charge < -0.3 is 24.5 Å². The second-order valence-corrected chi connectivity index (χ2v) is 8.67. The predicted octanol–water partition coefficient (Wildman–Crippen LogP) is 3.88. The summed E-state index contributed by atoms with van der Waals surface area (Å²) in [6, 6.07) is 9.71. The van der Waals surface area contributed by atoms with E-state index in [-0.39, 0.29) is 11.6 Å². The van der Waals surface area contributed by atoms with Crippen LogP contribution in [-0.2, 0) is 10.6 Å². The number of aliphatic imine (C=N–C) groups is 1. The molecule has 0 radical (unpaired) electrons. The molecule has 1 N–H and O–H groups in total. The molecule has 3 aliphatic heterocycles. The summed E-state index contributed by atoms with van der Waals surface area (Å²) >= 11 is 0. The minimum Gasteiger partial charge on any atom is -0.495 e. The van der Waals surface area contributed by atoms with E-state index in [1.807, 2.05) is 30.6 Å². The van der Waals surface area contributed by atoms with Crippen LogP contribution in [0.25, 0.3) is 6.08 Å². The minimum atomic E-state index is -1.74. The van der Waals surface area contributed by atoms with Crippen molar-refractivity contribution < 1.29 is 23.5 Å². The van der Waals surface area contributed by atoms with Crippen LogP contribution >= 0.6 is 0 Å². The Kier molecular flexibility index (Phi) is 5.73. The smallest absolute Gasteiger partial charge is 0.266 e. The van der Waals surface area contributed by atoms with E-state index in [1.54, 1.807) is 12.0 Å². The molecule has 7 nitrogen and oxygen atoms in total. The van der Waals surface area contributed by atoms with E-state index in [0.29, 0.717) is 31.0 Å². The molecule has 0 aromatic heterocycles. The first-order valence-corrected chi connectivity index (χ1v) is 11.2. The van der Waals surface area contributed by atoms with Crippen LogP contribution in [0, 0.1) is 11.6 Å². The molecule has 3 aliphatic rings. The molecule has 0 spiro atoms. The SMILES string of the molecule is COc1cc(/C=C2\CCCN3C2=NOC3(CO)c2c(F)cccc2F)ccc1N1C=NC(C)C1. The lowest BCUT2D eigenvalue weighted by Gasteiger charge is -2.39. The molecule has 2 aromatic rings. The molecular formula is C25H26F2N4O3. The number of rotatable bonds is 5. The number of fused-ring (bicyclic) bond motifs is 1. The van der Waals surface area contributed by atoms with Gasteiger partial charge in [0.2, 0.25) is 0 Å². The molecule has 2 atom stereocenters. The molecule has 5 rings (SSSR count). The maximum Gasteiger partial charge on any atom is 0.266 e. The number of halogens is 2. The fourth-order valence-corrected chi connectivity index (χ4v) is 4.78. The number of methoxy groups -OCH3 is 1. The topological polar surface area (TPSA) is 69.9 Å². The zero-order valence-electron chi connectivity index (χ0n) is 19.0. The number of nitrogens with zero attached hydrogens (tertiary/aromatic N) is 4. The largest absolute Gasteiger partial charge is 0.495 e. The van der Waals surface area contributed by atoms with Crippen LogP contribution in [0.1, 0.15) is 30.9 Å². The van der Waals surface area contributed by atoms with Gasteiger partial charge in [0, 0.05) is 13.1 Å². The lowest BCUT2D eigenvalue weighted by atomic mass is 9.94. The lowest BCUT2D eigenvalue weighted by molar-refractivity contribution is -0.141. The molecule has 0 bridgehead atoms. The third-order valence-electron chi connectivity index (χ3n) is 6.43. The van der Waals surface area contributed by atoms with Gasteiger partial charge in [-0.25, -0.2) is 8.78 Å². The first-order chi connectivity index (χ1) is 16.5. The van der Waals surface area contributed by atoms with Crippen LogP contribution in [0.4, 0.5) is 14.5 Å². The third kappa shape index (κ3) is 3.60. The van der Waals surface area contributed by atoms with Gasteiger partial charge in [-0.1, -0.05) is 17.3 Å². The van der Waals surface area contributed by atoms with Crippen LogP contribution in [0.3, 0.4) is 0 Å². The Morgan fingerprint density at radius 3 is 2.74 bits per heavy atom. The van der Waals surface area contributed by atoms with Crippen LogP contribution in [0.2, 0.25) is 0 Å². The summed E-state index contributed by atoms with van der Waals surface area (Å²) in [5.74, 6) is -0.403. The number of piperidine rings is 1. The zero-order chi connectivity index (χ0) is 23.9. The Balaban J connectivity index is 1.47. The number of benzene rings is 2. The quantitative estimate of drug-likeness (QED) is 0.721. The van der Waals surface area contributed by atoms with Gasteiger partial charge in [0.15, 0.2) is 5.84 Å². The maximum absolute atomic E-state index is 14.7. The monoisotopic (exact) mass is 468 g/mol. The number of oxime groups is 1. The van der Waals surface area contributed by atoms with E-state index >= 15 is 0 Å². The fraction of sp³-hybridized carbons (Fsp3) is 0.360. The molecular weight excluding hydrogens is 442 g/mol. The van der Waals surface area contributed by atoms with Gasteiger partial charge >= 0.3 is 0 Å². The second-order valence-electron chi connectivity index (χ2n) is 8.67. The first-order valence-electron chi connectivity index (χ1n) is 11.2. The number of ether oxygens (including phenoxy) is 1. The predicted molar refractivity (Wildman–Crippen MR) is 126 cm³/mol. The van der Waals surface area contributed by atoms with Gasteiger partial charge in [0.1, 0.15) is 24.0 Å². The Morgan fingerprint density at radius 1 is 1.26 bits per heavy atom. The average molecular weight is 469 g/mol. The summed E-state index contributed by atoms with van der Waals surface area (Å²) in [6.45, 7) is 2.64. The number of aliphatic hydroxyl groups excluding tert-OH is 1. The molecule has 178 valence electrons. The summed E-state index contributed by atoms with van der Waals surface area (Å²) < 4.78 is 34.9. The van der Waals surface area contributed by atoms with Crippen molar-refractivity contribution in [1.82, 2.24) is 4.90 Å². The second kappa shape index (κ2) is 8.72.